The van der Waals surface area contributed by atoms with Crippen molar-refractivity contribution in [2.24, 2.45) is 0 Å². The molecule has 1 aliphatic rings. The second kappa shape index (κ2) is 15.5. The molecule has 25 heavy (non-hydrogen) atoms. The van der Waals surface area contributed by atoms with E-state index in [4.69, 9.17) is 5.41 Å². The number of unbranched alkanes of at least 4 members (excludes halogenated alkanes) is 15. The third-order valence-corrected chi connectivity index (χ3v) is 5.65. The second-order valence-electron chi connectivity index (χ2n) is 8.04. The predicted molar refractivity (Wildman–Crippen MR) is 111 cm³/mol. The van der Waals surface area contributed by atoms with Gasteiger partial charge in [-0.25, -0.2) is 0 Å². The van der Waals surface area contributed by atoms with Gasteiger partial charge in [0.25, 0.3) is 0 Å². The summed E-state index contributed by atoms with van der Waals surface area (Å²) in [4.78, 5) is 4.27. The fourth-order valence-electron chi connectivity index (χ4n) is 3.79. The van der Waals surface area contributed by atoms with Gasteiger partial charge >= 0.3 is 0 Å². The highest BCUT2D eigenvalue weighted by Gasteiger charge is 2.20. The molecular formula is C22H45N3. The van der Waals surface area contributed by atoms with E-state index in [0.29, 0.717) is 0 Å². The fourth-order valence-corrected chi connectivity index (χ4v) is 3.79. The first-order chi connectivity index (χ1) is 12.3. The molecule has 1 saturated heterocycles. The molecule has 0 atom stereocenters. The molecule has 148 valence electrons. The van der Waals surface area contributed by atoms with E-state index in [2.05, 4.69) is 11.8 Å². The number of rotatable bonds is 17. The van der Waals surface area contributed by atoms with Gasteiger partial charge < -0.3 is 9.80 Å². The van der Waals surface area contributed by atoms with Crippen molar-refractivity contribution >= 4 is 5.96 Å². The molecule has 0 unspecified atom stereocenters. The molecule has 1 aliphatic heterocycles. The van der Waals surface area contributed by atoms with Crippen molar-refractivity contribution < 1.29 is 0 Å². The molecule has 0 radical (unpaired) electrons. The van der Waals surface area contributed by atoms with Crippen LogP contribution in [0.3, 0.4) is 0 Å². The van der Waals surface area contributed by atoms with Crippen molar-refractivity contribution in [3.05, 3.63) is 0 Å². The highest BCUT2D eigenvalue weighted by molar-refractivity contribution is 5.78. The number of guanidine groups is 1. The molecule has 0 saturated carbocycles. The van der Waals surface area contributed by atoms with E-state index in [9.17, 15) is 0 Å². The summed E-state index contributed by atoms with van der Waals surface area (Å²) in [6, 6.07) is 0. The monoisotopic (exact) mass is 351 g/mol. The Hall–Kier alpha value is -0.730. The first kappa shape index (κ1) is 22.3. The third kappa shape index (κ3) is 11.5. The highest BCUT2D eigenvalue weighted by Crippen LogP contribution is 2.14. The molecule has 1 N–H and O–H groups in total. The summed E-state index contributed by atoms with van der Waals surface area (Å²) in [7, 11) is 2.02. The molecule has 0 amide bonds. The first-order valence-electron chi connectivity index (χ1n) is 11.3. The maximum Gasteiger partial charge on any atom is 0.193 e. The van der Waals surface area contributed by atoms with Crippen LogP contribution in [0, 0.1) is 5.41 Å². The lowest BCUT2D eigenvalue weighted by molar-refractivity contribution is 0.431. The smallest absolute Gasteiger partial charge is 0.193 e. The highest BCUT2D eigenvalue weighted by atomic mass is 15.4. The van der Waals surface area contributed by atoms with E-state index in [1.54, 1.807) is 0 Å². The number of hydrogen-bond donors (Lipinski definition) is 1. The molecule has 1 rings (SSSR count). The lowest BCUT2D eigenvalue weighted by Gasteiger charge is -2.18. The van der Waals surface area contributed by atoms with Crippen LogP contribution in [0.5, 0.6) is 0 Å². The van der Waals surface area contributed by atoms with Crippen LogP contribution in [0.2, 0.25) is 0 Å². The van der Waals surface area contributed by atoms with Gasteiger partial charge in [0.2, 0.25) is 0 Å². The van der Waals surface area contributed by atoms with Crippen molar-refractivity contribution in [2.75, 3.05) is 26.7 Å². The summed E-state index contributed by atoms with van der Waals surface area (Å²) >= 11 is 0. The largest absolute Gasteiger partial charge is 0.344 e. The number of hydrogen-bond acceptors (Lipinski definition) is 1. The van der Waals surface area contributed by atoms with Gasteiger partial charge in [-0.15, -0.1) is 0 Å². The Morgan fingerprint density at radius 2 is 1.04 bits per heavy atom. The van der Waals surface area contributed by atoms with Gasteiger partial charge in [-0.1, -0.05) is 103 Å². The summed E-state index contributed by atoms with van der Waals surface area (Å²) in [6.45, 7) is 5.45. The normalized spacial score (nSPS) is 14.7. The Labute approximate surface area is 158 Å². The summed E-state index contributed by atoms with van der Waals surface area (Å²) in [5.41, 5.74) is 0. The molecule has 0 aromatic heterocycles. The molecule has 3 heteroatoms. The lowest BCUT2D eigenvalue weighted by Crippen LogP contribution is -2.30. The van der Waals surface area contributed by atoms with Gasteiger partial charge in [0.15, 0.2) is 5.96 Å². The number of nitrogens with zero attached hydrogens (tertiary/aromatic N) is 2. The predicted octanol–water partition coefficient (Wildman–Crippen LogP) is 6.43. The van der Waals surface area contributed by atoms with E-state index in [1.165, 1.54) is 103 Å². The molecular weight excluding hydrogens is 306 g/mol. The van der Waals surface area contributed by atoms with Crippen LogP contribution in [-0.2, 0) is 0 Å². The fraction of sp³-hybridized carbons (Fsp3) is 0.955. The minimum atomic E-state index is 0.723. The van der Waals surface area contributed by atoms with Crippen LogP contribution in [0.15, 0.2) is 0 Å². The van der Waals surface area contributed by atoms with Gasteiger partial charge in [0.1, 0.15) is 0 Å². The summed E-state index contributed by atoms with van der Waals surface area (Å²) < 4.78 is 0. The Balaban J connectivity index is 1.71. The summed E-state index contributed by atoms with van der Waals surface area (Å²) in [6.07, 6.45) is 22.7. The van der Waals surface area contributed by atoms with Crippen LogP contribution < -0.4 is 0 Å². The Kier molecular flexibility index (Phi) is 13.8. The second-order valence-corrected chi connectivity index (χ2v) is 8.04. The average molecular weight is 352 g/mol. The van der Waals surface area contributed by atoms with Crippen LogP contribution >= 0.6 is 0 Å². The molecule has 0 aromatic carbocycles. The SMILES string of the molecule is CCCCCCCCCCCCCCCCCCN1CCN(C)C1=N. The molecule has 0 aliphatic carbocycles. The molecule has 3 nitrogen and oxygen atoms in total. The average Bonchev–Trinajstić information content (AvgIpc) is 2.93. The zero-order valence-corrected chi connectivity index (χ0v) is 17.3. The number of nitrogens with one attached hydrogen (secondary N) is 1. The Morgan fingerprint density at radius 3 is 1.40 bits per heavy atom. The van der Waals surface area contributed by atoms with E-state index < -0.39 is 0 Å². The van der Waals surface area contributed by atoms with E-state index in [-0.39, 0.29) is 0 Å². The van der Waals surface area contributed by atoms with Gasteiger partial charge in [-0.05, 0) is 6.42 Å². The summed E-state index contributed by atoms with van der Waals surface area (Å²) in [5.74, 6) is 0.723. The zero-order chi connectivity index (χ0) is 18.2. The molecule has 0 aromatic rings. The lowest BCUT2D eigenvalue weighted by atomic mass is 10.0. The van der Waals surface area contributed by atoms with Crippen molar-refractivity contribution in [3.8, 4) is 0 Å². The van der Waals surface area contributed by atoms with Crippen molar-refractivity contribution in [1.29, 1.82) is 5.41 Å². The molecule has 0 spiro atoms. The van der Waals surface area contributed by atoms with Gasteiger partial charge in [-0.2, -0.15) is 0 Å². The maximum absolute atomic E-state index is 7.95. The van der Waals surface area contributed by atoms with Crippen molar-refractivity contribution in [3.63, 3.8) is 0 Å². The quantitative estimate of drug-likeness (QED) is 0.306. The third-order valence-electron chi connectivity index (χ3n) is 5.65. The molecule has 1 heterocycles. The topological polar surface area (TPSA) is 30.3 Å². The molecule has 1 fully saturated rings. The van der Waals surface area contributed by atoms with E-state index in [0.717, 1.165) is 25.6 Å². The Morgan fingerprint density at radius 1 is 0.640 bits per heavy atom. The van der Waals surface area contributed by atoms with Crippen molar-refractivity contribution in [1.82, 2.24) is 9.80 Å². The van der Waals surface area contributed by atoms with Gasteiger partial charge in [-0.3, -0.25) is 5.41 Å². The first-order valence-corrected chi connectivity index (χ1v) is 11.3. The van der Waals surface area contributed by atoms with Gasteiger partial charge in [0.05, 0.1) is 0 Å². The maximum atomic E-state index is 7.95. The zero-order valence-electron chi connectivity index (χ0n) is 17.3. The van der Waals surface area contributed by atoms with Crippen LogP contribution in [0.25, 0.3) is 0 Å². The van der Waals surface area contributed by atoms with Crippen LogP contribution in [0.1, 0.15) is 110 Å². The van der Waals surface area contributed by atoms with E-state index >= 15 is 0 Å². The van der Waals surface area contributed by atoms with Crippen molar-refractivity contribution in [2.45, 2.75) is 110 Å². The van der Waals surface area contributed by atoms with E-state index in [1.807, 2.05) is 11.9 Å². The molecule has 0 bridgehead atoms. The van der Waals surface area contributed by atoms with Crippen LogP contribution in [-0.4, -0.2) is 42.4 Å². The standard InChI is InChI=1S/C22H45N3/c1-3-4-5-6-7-8-9-10-11-12-13-14-15-16-17-18-19-25-21-20-24(2)22(25)23/h23H,3-21H2,1-2H3. The van der Waals surface area contributed by atoms with Gasteiger partial charge in [0, 0.05) is 26.7 Å². The minimum absolute atomic E-state index is 0.723. The minimum Gasteiger partial charge on any atom is -0.344 e. The van der Waals surface area contributed by atoms with Crippen LogP contribution in [0.4, 0.5) is 0 Å². The summed E-state index contributed by atoms with van der Waals surface area (Å²) in [5, 5.41) is 7.95. The Bertz CT molecular complexity index is 316. The number of likely N-dealkylation sites (N-methyl/N-ethyl adjacent to an activating group) is 1.